The third-order valence-corrected chi connectivity index (χ3v) is 5.53. The van der Waals surface area contributed by atoms with Gasteiger partial charge in [0.2, 0.25) is 0 Å². The number of nitrogens with two attached hydrogens (primary N) is 1. The van der Waals surface area contributed by atoms with Crippen molar-refractivity contribution >= 4 is 11.8 Å². The van der Waals surface area contributed by atoms with Gasteiger partial charge in [-0.1, -0.05) is 37.3 Å². The number of aliphatic hydroxyl groups excluding tert-OH is 1. The van der Waals surface area contributed by atoms with Crippen molar-refractivity contribution in [3.63, 3.8) is 0 Å². The van der Waals surface area contributed by atoms with E-state index in [0.717, 1.165) is 24.8 Å². The first-order valence-corrected chi connectivity index (χ1v) is 11.6. The first-order valence-electron chi connectivity index (χ1n) is 11.6. The van der Waals surface area contributed by atoms with Gasteiger partial charge in [-0.3, -0.25) is 0 Å². The Morgan fingerprint density at radius 1 is 1.21 bits per heavy atom. The van der Waals surface area contributed by atoms with Crippen molar-refractivity contribution in [3.05, 3.63) is 59.2 Å². The number of carbonyl (C=O) groups excluding carboxylic acids is 1. The Morgan fingerprint density at radius 3 is 2.64 bits per heavy atom. The summed E-state index contributed by atoms with van der Waals surface area (Å²) in [5.74, 6) is 0.589. The number of ether oxygens (including phenoxy) is 3. The quantitative estimate of drug-likeness (QED) is 0.513. The maximum absolute atomic E-state index is 12.0. The van der Waals surface area contributed by atoms with Gasteiger partial charge in [0.1, 0.15) is 17.5 Å². The van der Waals surface area contributed by atoms with E-state index < -0.39 is 17.8 Å². The van der Waals surface area contributed by atoms with Crippen LogP contribution in [-0.2, 0) is 9.47 Å². The lowest BCUT2D eigenvalue weighted by Gasteiger charge is -2.24. The van der Waals surface area contributed by atoms with Crippen molar-refractivity contribution in [1.29, 1.82) is 0 Å². The van der Waals surface area contributed by atoms with Crippen molar-refractivity contribution < 1.29 is 24.1 Å². The lowest BCUT2D eigenvalue weighted by Crippen LogP contribution is -2.34. The van der Waals surface area contributed by atoms with Gasteiger partial charge in [0.05, 0.1) is 6.61 Å². The van der Waals surface area contributed by atoms with Crippen LogP contribution in [0.5, 0.6) is 5.75 Å². The highest BCUT2D eigenvalue weighted by Crippen LogP contribution is 2.33. The summed E-state index contributed by atoms with van der Waals surface area (Å²) in [6.45, 7) is 8.50. The van der Waals surface area contributed by atoms with Crippen molar-refractivity contribution in [2.45, 2.75) is 70.9 Å². The second-order valence-electron chi connectivity index (χ2n) is 9.52. The van der Waals surface area contributed by atoms with Crippen molar-refractivity contribution in [3.8, 4) is 5.75 Å². The van der Waals surface area contributed by atoms with Crippen LogP contribution in [-0.4, -0.2) is 36.2 Å². The number of amides is 1. The van der Waals surface area contributed by atoms with Gasteiger partial charge in [-0.25, -0.2) is 4.79 Å². The molecule has 1 fully saturated rings. The lowest BCUT2D eigenvalue weighted by atomic mass is 9.92. The third-order valence-electron chi connectivity index (χ3n) is 5.53. The molecule has 180 valence electrons. The monoisotopic (exact) mass is 456 g/mol. The normalized spacial score (nSPS) is 18.3. The van der Waals surface area contributed by atoms with Gasteiger partial charge in [0.25, 0.3) is 0 Å². The van der Waals surface area contributed by atoms with Crippen LogP contribution in [0.25, 0.3) is 0 Å². The predicted molar refractivity (Wildman–Crippen MR) is 128 cm³/mol. The number of para-hydroxylation sites is 1. The Hall–Kier alpha value is -2.77. The maximum Gasteiger partial charge on any atom is 0.407 e. The molecule has 3 rings (SSSR count). The zero-order valence-corrected chi connectivity index (χ0v) is 20.0. The molecule has 0 radical (unpaired) electrons. The Morgan fingerprint density at radius 2 is 1.94 bits per heavy atom. The van der Waals surface area contributed by atoms with Gasteiger partial charge >= 0.3 is 6.09 Å². The summed E-state index contributed by atoms with van der Waals surface area (Å²) in [6, 6.07) is 13.0. The van der Waals surface area contributed by atoms with E-state index in [-0.39, 0.29) is 12.2 Å². The fraction of sp³-hybridized carbons (Fsp3) is 0.500. The molecule has 0 bridgehead atoms. The second kappa shape index (κ2) is 10.9. The molecule has 7 nitrogen and oxygen atoms in total. The van der Waals surface area contributed by atoms with Crippen molar-refractivity contribution in [2.75, 3.05) is 18.9 Å². The number of alkyl carbamates (subject to hydrolysis) is 1. The maximum atomic E-state index is 12.0. The average Bonchev–Trinajstić information content (AvgIpc) is 2.77. The Balaban J connectivity index is 1.70. The van der Waals surface area contributed by atoms with Crippen LogP contribution in [0.2, 0.25) is 0 Å². The minimum absolute atomic E-state index is 0.0669. The summed E-state index contributed by atoms with van der Waals surface area (Å²) in [4.78, 5) is 12.0. The Kier molecular flexibility index (Phi) is 8.21. The molecule has 0 aliphatic carbocycles. The molecule has 0 saturated carbocycles. The summed E-state index contributed by atoms with van der Waals surface area (Å²) >= 11 is 0. The fourth-order valence-electron chi connectivity index (χ4n) is 3.82. The van der Waals surface area contributed by atoms with E-state index in [1.807, 2.05) is 70.2 Å². The standard InChI is InChI=1S/C26H36N2O5/c1-17(16-28-25(30)33-26(2,3)4)20-11-8-12-21(23(20)27)24(29)18-9-7-10-19(15-18)32-22-13-5-6-14-31-22/h7-12,15,17,22,24,29H,5-6,13-14,16,27H2,1-4H3,(H,28,30). The van der Waals surface area contributed by atoms with E-state index >= 15 is 0 Å². The van der Waals surface area contributed by atoms with Gasteiger partial charge in [-0.2, -0.15) is 0 Å². The number of carbonyl (C=O) groups is 1. The molecule has 4 N–H and O–H groups in total. The number of nitrogen functional groups attached to an aromatic ring is 1. The highest BCUT2D eigenvalue weighted by molar-refractivity contribution is 5.68. The van der Waals surface area contributed by atoms with E-state index in [0.29, 0.717) is 35.7 Å². The summed E-state index contributed by atoms with van der Waals surface area (Å²) < 4.78 is 16.9. The van der Waals surface area contributed by atoms with Gasteiger partial charge in [0, 0.05) is 30.1 Å². The van der Waals surface area contributed by atoms with Crippen LogP contribution < -0.4 is 15.8 Å². The fourth-order valence-corrected chi connectivity index (χ4v) is 3.82. The Labute approximate surface area is 196 Å². The van der Waals surface area contributed by atoms with Gasteiger partial charge in [-0.15, -0.1) is 0 Å². The van der Waals surface area contributed by atoms with Crippen LogP contribution in [0.1, 0.15) is 75.7 Å². The first-order chi connectivity index (χ1) is 15.6. The lowest BCUT2D eigenvalue weighted by molar-refractivity contribution is -0.105. The van der Waals surface area contributed by atoms with Crippen LogP contribution in [0.15, 0.2) is 42.5 Å². The Bertz CT molecular complexity index is 935. The zero-order chi connectivity index (χ0) is 24.0. The van der Waals surface area contributed by atoms with E-state index in [9.17, 15) is 9.90 Å². The van der Waals surface area contributed by atoms with Crippen LogP contribution >= 0.6 is 0 Å². The zero-order valence-electron chi connectivity index (χ0n) is 20.0. The van der Waals surface area contributed by atoms with Crippen LogP contribution in [0, 0.1) is 0 Å². The minimum atomic E-state index is -0.910. The molecule has 33 heavy (non-hydrogen) atoms. The van der Waals surface area contributed by atoms with Crippen molar-refractivity contribution in [1.82, 2.24) is 5.32 Å². The van der Waals surface area contributed by atoms with Crippen LogP contribution in [0.4, 0.5) is 10.5 Å². The first kappa shape index (κ1) is 24.9. The van der Waals surface area contributed by atoms with E-state index in [1.54, 1.807) is 0 Å². The van der Waals surface area contributed by atoms with Crippen molar-refractivity contribution in [2.24, 2.45) is 0 Å². The van der Waals surface area contributed by atoms with E-state index in [2.05, 4.69) is 5.32 Å². The topological polar surface area (TPSA) is 103 Å². The molecule has 3 atom stereocenters. The molecular weight excluding hydrogens is 420 g/mol. The molecule has 1 saturated heterocycles. The summed E-state index contributed by atoms with van der Waals surface area (Å²) in [5.41, 5.74) is 8.56. The molecule has 1 heterocycles. The average molecular weight is 457 g/mol. The largest absolute Gasteiger partial charge is 0.465 e. The molecule has 1 aliphatic rings. The summed E-state index contributed by atoms with van der Waals surface area (Å²) in [6.07, 6.45) is 1.36. The molecule has 2 aromatic rings. The molecule has 3 unspecified atom stereocenters. The molecule has 2 aromatic carbocycles. The predicted octanol–water partition coefficient (Wildman–Crippen LogP) is 4.88. The highest BCUT2D eigenvalue weighted by atomic mass is 16.7. The third kappa shape index (κ3) is 7.11. The SMILES string of the molecule is CC(CNC(=O)OC(C)(C)C)c1cccc(C(O)c2cccc(OC3CCCCO3)c2)c1N. The number of aliphatic hydroxyl groups is 1. The summed E-state index contributed by atoms with van der Waals surface area (Å²) in [7, 11) is 0. The second-order valence-corrected chi connectivity index (χ2v) is 9.52. The van der Waals surface area contributed by atoms with Gasteiger partial charge < -0.3 is 30.4 Å². The van der Waals surface area contributed by atoms with Gasteiger partial charge in [-0.05, 0) is 56.9 Å². The molecule has 7 heteroatoms. The molecule has 0 aromatic heterocycles. The minimum Gasteiger partial charge on any atom is -0.465 e. The molecule has 1 aliphatic heterocycles. The number of rotatable bonds is 7. The highest BCUT2D eigenvalue weighted by Gasteiger charge is 2.21. The molecule has 1 amide bonds. The number of nitrogens with one attached hydrogen (secondary N) is 1. The van der Waals surface area contributed by atoms with E-state index in [1.165, 1.54) is 0 Å². The van der Waals surface area contributed by atoms with Gasteiger partial charge in [0.15, 0.2) is 6.29 Å². The number of anilines is 1. The summed E-state index contributed by atoms with van der Waals surface area (Å²) in [5, 5.41) is 13.9. The number of hydrogen-bond acceptors (Lipinski definition) is 6. The number of benzene rings is 2. The number of hydrogen-bond donors (Lipinski definition) is 3. The molecular formula is C26H36N2O5. The molecule has 0 spiro atoms. The van der Waals surface area contributed by atoms with E-state index in [4.69, 9.17) is 19.9 Å². The smallest absolute Gasteiger partial charge is 0.407 e. The van der Waals surface area contributed by atoms with Crippen LogP contribution in [0.3, 0.4) is 0 Å².